The molecular formula is C14H22O3Si. The van der Waals surface area contributed by atoms with Crippen LogP contribution in [-0.2, 0) is 0 Å². The summed E-state index contributed by atoms with van der Waals surface area (Å²) >= 11 is 0. The molecule has 0 amide bonds. The van der Waals surface area contributed by atoms with E-state index in [4.69, 9.17) is 4.43 Å². The standard InChI is InChI=1S/C14H22O3Si/c1-10-7-8-11(13(15)16)12(9-10)17-18(5,6)14(2,3)4/h7-9H,1-6H3,(H,15,16). The molecule has 0 aliphatic carbocycles. The summed E-state index contributed by atoms with van der Waals surface area (Å²) in [6.07, 6.45) is 0. The molecule has 1 N–H and O–H groups in total. The largest absolute Gasteiger partial charge is 0.543 e. The fraction of sp³-hybridized carbons (Fsp3) is 0.500. The third kappa shape index (κ3) is 3.13. The van der Waals surface area contributed by atoms with Crippen LogP contribution in [0.1, 0.15) is 36.7 Å². The predicted octanol–water partition coefficient (Wildman–Crippen LogP) is 4.08. The zero-order chi connectivity index (χ0) is 14.1. The molecule has 0 aromatic heterocycles. The molecule has 3 nitrogen and oxygen atoms in total. The van der Waals surface area contributed by atoms with Crippen LogP contribution in [0.4, 0.5) is 0 Å². The van der Waals surface area contributed by atoms with Gasteiger partial charge < -0.3 is 9.53 Å². The van der Waals surface area contributed by atoms with E-state index in [1.807, 2.05) is 13.0 Å². The fourth-order valence-electron chi connectivity index (χ4n) is 1.32. The Balaban J connectivity index is 3.18. The van der Waals surface area contributed by atoms with E-state index in [-0.39, 0.29) is 10.6 Å². The molecule has 18 heavy (non-hydrogen) atoms. The van der Waals surface area contributed by atoms with Crippen LogP contribution in [0.25, 0.3) is 0 Å². The number of hydrogen-bond donors (Lipinski definition) is 1. The maximum Gasteiger partial charge on any atom is 0.339 e. The van der Waals surface area contributed by atoms with Gasteiger partial charge in [0, 0.05) is 0 Å². The molecule has 0 aliphatic rings. The normalized spacial score (nSPS) is 12.3. The molecule has 0 spiro atoms. The highest BCUT2D eigenvalue weighted by Gasteiger charge is 2.39. The van der Waals surface area contributed by atoms with E-state index in [0.29, 0.717) is 5.75 Å². The van der Waals surface area contributed by atoms with Crippen molar-refractivity contribution in [1.82, 2.24) is 0 Å². The molecule has 0 aliphatic heterocycles. The van der Waals surface area contributed by atoms with E-state index in [0.717, 1.165) is 5.56 Å². The minimum absolute atomic E-state index is 0.0481. The summed E-state index contributed by atoms with van der Waals surface area (Å²) in [4.78, 5) is 11.2. The van der Waals surface area contributed by atoms with Crippen LogP contribution in [0.5, 0.6) is 5.75 Å². The second kappa shape index (κ2) is 4.76. The van der Waals surface area contributed by atoms with Crippen molar-refractivity contribution in [2.45, 2.75) is 45.8 Å². The van der Waals surface area contributed by atoms with Gasteiger partial charge in [-0.1, -0.05) is 26.8 Å². The summed E-state index contributed by atoms with van der Waals surface area (Å²) in [5.74, 6) is -0.446. The summed E-state index contributed by atoms with van der Waals surface area (Å²) in [6.45, 7) is 12.6. The summed E-state index contributed by atoms with van der Waals surface area (Å²) < 4.78 is 6.10. The van der Waals surface area contributed by atoms with Gasteiger partial charge in [0.1, 0.15) is 5.75 Å². The highest BCUT2D eigenvalue weighted by atomic mass is 28.4. The third-order valence-corrected chi connectivity index (χ3v) is 7.88. The van der Waals surface area contributed by atoms with Crippen molar-refractivity contribution in [3.63, 3.8) is 0 Å². The van der Waals surface area contributed by atoms with Gasteiger partial charge in [0.25, 0.3) is 8.32 Å². The topological polar surface area (TPSA) is 46.5 Å². The van der Waals surface area contributed by atoms with E-state index in [1.165, 1.54) is 0 Å². The number of carboxylic acid groups (broad SMARTS) is 1. The van der Waals surface area contributed by atoms with E-state index in [2.05, 4.69) is 33.9 Å². The first-order valence-corrected chi connectivity index (χ1v) is 8.98. The van der Waals surface area contributed by atoms with Gasteiger partial charge in [-0.05, 0) is 42.8 Å². The molecular weight excluding hydrogens is 244 g/mol. The van der Waals surface area contributed by atoms with Gasteiger partial charge in [-0.25, -0.2) is 4.79 Å². The van der Waals surface area contributed by atoms with E-state index >= 15 is 0 Å². The monoisotopic (exact) mass is 266 g/mol. The smallest absolute Gasteiger partial charge is 0.339 e. The average Bonchev–Trinajstić information content (AvgIpc) is 2.14. The number of aryl methyl sites for hydroxylation is 1. The van der Waals surface area contributed by atoms with Gasteiger partial charge in [0.15, 0.2) is 0 Å². The minimum atomic E-state index is -2.01. The van der Waals surface area contributed by atoms with Gasteiger partial charge in [0.05, 0.1) is 5.56 Å². The lowest BCUT2D eigenvalue weighted by Gasteiger charge is -2.36. The highest BCUT2D eigenvalue weighted by Crippen LogP contribution is 2.38. The lowest BCUT2D eigenvalue weighted by atomic mass is 10.1. The van der Waals surface area contributed by atoms with Crippen LogP contribution >= 0.6 is 0 Å². The Kier molecular flexibility index (Phi) is 3.91. The lowest BCUT2D eigenvalue weighted by Crippen LogP contribution is -2.44. The molecule has 0 radical (unpaired) electrons. The van der Waals surface area contributed by atoms with Gasteiger partial charge in [-0.15, -0.1) is 0 Å². The summed E-state index contributed by atoms with van der Waals surface area (Å²) in [5, 5.41) is 9.24. The molecule has 1 aromatic carbocycles. The van der Waals surface area contributed by atoms with Crippen LogP contribution in [0.15, 0.2) is 18.2 Å². The van der Waals surface area contributed by atoms with Crippen molar-refractivity contribution < 1.29 is 14.3 Å². The number of carboxylic acids is 1. The van der Waals surface area contributed by atoms with Crippen LogP contribution in [0.3, 0.4) is 0 Å². The summed E-state index contributed by atoms with van der Waals surface area (Å²) in [7, 11) is -2.01. The second-order valence-corrected chi connectivity index (χ2v) is 10.9. The van der Waals surface area contributed by atoms with Gasteiger partial charge in [-0.2, -0.15) is 0 Å². The van der Waals surface area contributed by atoms with Crippen molar-refractivity contribution in [3.8, 4) is 5.75 Å². The van der Waals surface area contributed by atoms with E-state index in [1.54, 1.807) is 12.1 Å². The molecule has 100 valence electrons. The Hall–Kier alpha value is -1.29. The first-order valence-electron chi connectivity index (χ1n) is 6.07. The minimum Gasteiger partial charge on any atom is -0.543 e. The second-order valence-electron chi connectivity index (χ2n) is 6.17. The highest BCUT2D eigenvalue weighted by molar-refractivity contribution is 6.74. The van der Waals surface area contributed by atoms with Gasteiger partial charge >= 0.3 is 5.97 Å². The fourth-order valence-corrected chi connectivity index (χ4v) is 2.34. The van der Waals surface area contributed by atoms with Crippen molar-refractivity contribution >= 4 is 14.3 Å². The average molecular weight is 266 g/mol. The summed E-state index contributed by atoms with van der Waals surface area (Å²) in [6, 6.07) is 5.21. The first kappa shape index (κ1) is 14.8. The number of hydrogen-bond acceptors (Lipinski definition) is 2. The number of carbonyl (C=O) groups is 1. The van der Waals surface area contributed by atoms with Crippen LogP contribution < -0.4 is 4.43 Å². The number of benzene rings is 1. The molecule has 0 saturated carbocycles. The van der Waals surface area contributed by atoms with Crippen LogP contribution in [-0.4, -0.2) is 19.4 Å². The summed E-state index contributed by atoms with van der Waals surface area (Å²) in [5.41, 5.74) is 1.25. The maximum atomic E-state index is 11.2. The molecule has 0 atom stereocenters. The van der Waals surface area contributed by atoms with Crippen LogP contribution in [0, 0.1) is 6.92 Å². The Morgan fingerprint density at radius 3 is 2.28 bits per heavy atom. The van der Waals surface area contributed by atoms with E-state index < -0.39 is 14.3 Å². The SMILES string of the molecule is Cc1ccc(C(=O)O)c(O[Si](C)(C)C(C)(C)C)c1. The Bertz CT molecular complexity index is 459. The van der Waals surface area contributed by atoms with Crippen molar-refractivity contribution in [1.29, 1.82) is 0 Å². The van der Waals surface area contributed by atoms with Crippen LogP contribution in [0.2, 0.25) is 18.1 Å². The number of rotatable bonds is 3. The molecule has 0 saturated heterocycles. The Labute approximate surface area is 110 Å². The Morgan fingerprint density at radius 2 is 1.83 bits per heavy atom. The molecule has 0 fully saturated rings. The van der Waals surface area contributed by atoms with E-state index in [9.17, 15) is 9.90 Å². The van der Waals surface area contributed by atoms with Crippen molar-refractivity contribution in [2.75, 3.05) is 0 Å². The maximum absolute atomic E-state index is 11.2. The molecule has 1 aromatic rings. The van der Waals surface area contributed by atoms with Gasteiger partial charge in [0.2, 0.25) is 0 Å². The Morgan fingerprint density at radius 1 is 1.28 bits per heavy atom. The molecule has 0 bridgehead atoms. The molecule has 4 heteroatoms. The first-order chi connectivity index (χ1) is 8.04. The molecule has 0 heterocycles. The zero-order valence-corrected chi connectivity index (χ0v) is 13.0. The predicted molar refractivity (Wildman–Crippen MR) is 76.0 cm³/mol. The van der Waals surface area contributed by atoms with Crippen molar-refractivity contribution in [2.24, 2.45) is 0 Å². The third-order valence-electron chi connectivity index (χ3n) is 3.54. The number of aromatic carboxylic acids is 1. The molecule has 0 unspecified atom stereocenters. The molecule has 1 rings (SSSR count). The van der Waals surface area contributed by atoms with Gasteiger partial charge in [-0.3, -0.25) is 0 Å². The van der Waals surface area contributed by atoms with Crippen molar-refractivity contribution in [3.05, 3.63) is 29.3 Å². The zero-order valence-electron chi connectivity index (χ0n) is 12.0. The quantitative estimate of drug-likeness (QED) is 0.839. The lowest BCUT2D eigenvalue weighted by molar-refractivity contribution is 0.0694.